The molecule has 43 heavy (non-hydrogen) atoms. The fraction of sp³-hybridized carbons (Fsp3) is 0.250. The van der Waals surface area contributed by atoms with Crippen LogP contribution < -0.4 is 20.7 Å². The van der Waals surface area contributed by atoms with Gasteiger partial charge in [-0.3, -0.25) is 9.59 Å². The second-order valence-electron chi connectivity index (χ2n) is 10.9. The molecule has 6 rings (SSSR count). The molecule has 0 unspecified atom stereocenters. The summed E-state index contributed by atoms with van der Waals surface area (Å²) < 4.78 is 46.4. The lowest BCUT2D eigenvalue weighted by atomic mass is 9.91. The van der Waals surface area contributed by atoms with Gasteiger partial charge in [-0.25, -0.2) is 9.97 Å². The number of ether oxygens (including phenoxy) is 1. The van der Waals surface area contributed by atoms with Crippen LogP contribution in [0, 0.1) is 6.92 Å². The van der Waals surface area contributed by atoms with Crippen molar-refractivity contribution < 1.29 is 27.5 Å². The topological polar surface area (TPSA) is 110 Å². The summed E-state index contributed by atoms with van der Waals surface area (Å²) in [7, 11) is 1.51. The second kappa shape index (κ2) is 10.4. The number of benzene rings is 3. The number of alkyl halides is 3. The minimum atomic E-state index is -4.59. The van der Waals surface area contributed by atoms with Crippen molar-refractivity contribution in [1.29, 1.82) is 0 Å². The van der Waals surface area contributed by atoms with E-state index in [0.717, 1.165) is 23.3 Å². The molecule has 1 aliphatic carbocycles. The first-order valence-electron chi connectivity index (χ1n) is 13.7. The van der Waals surface area contributed by atoms with Gasteiger partial charge in [-0.1, -0.05) is 24.3 Å². The maximum Gasteiger partial charge on any atom is 0.416 e. The number of hydrogen-bond donors (Lipinski definition) is 2. The molecule has 11 heteroatoms. The van der Waals surface area contributed by atoms with Crippen LogP contribution in [0.15, 0.2) is 66.9 Å². The van der Waals surface area contributed by atoms with Gasteiger partial charge in [0.15, 0.2) is 0 Å². The zero-order valence-corrected chi connectivity index (χ0v) is 23.5. The van der Waals surface area contributed by atoms with Crippen LogP contribution in [0.1, 0.15) is 40.8 Å². The molecule has 8 nitrogen and oxygen atoms in total. The Labute approximate surface area is 245 Å². The standard InChI is InChI=1S/C32H28F3N5O3/c1-18-3-6-24(15-26(18)40-17-22-16-37-30(36)39-28(22)31(9-10-31)29(40)42)38-27(41)13-19-11-21(14-23(12-19)32(33,34)35)20-4-7-25(43-2)8-5-20/h3-8,11-12,14-16H,9-10,13,17H2,1-2H3,(H,38,41)(H2,36,37,39). The quantitative estimate of drug-likeness (QED) is 0.294. The first-order valence-corrected chi connectivity index (χ1v) is 13.7. The number of amides is 2. The third-order valence-electron chi connectivity index (χ3n) is 7.96. The summed E-state index contributed by atoms with van der Waals surface area (Å²) in [6.45, 7) is 2.12. The van der Waals surface area contributed by atoms with Gasteiger partial charge in [0.1, 0.15) is 5.75 Å². The van der Waals surface area contributed by atoms with E-state index in [1.165, 1.54) is 7.11 Å². The van der Waals surface area contributed by atoms with E-state index in [1.54, 1.807) is 59.6 Å². The lowest BCUT2D eigenvalue weighted by Gasteiger charge is -2.34. The Bertz CT molecular complexity index is 1750. The zero-order chi connectivity index (χ0) is 30.5. The molecule has 220 valence electrons. The summed E-state index contributed by atoms with van der Waals surface area (Å²) in [5, 5.41) is 2.79. The molecule has 1 saturated carbocycles. The number of carbonyl (C=O) groups is 2. The number of nitrogens with one attached hydrogen (secondary N) is 1. The van der Waals surface area contributed by atoms with Crippen molar-refractivity contribution in [2.45, 2.75) is 44.3 Å². The second-order valence-corrected chi connectivity index (χ2v) is 10.9. The van der Waals surface area contributed by atoms with Crippen LogP contribution in [0.25, 0.3) is 11.1 Å². The van der Waals surface area contributed by atoms with Crippen LogP contribution in [-0.4, -0.2) is 28.9 Å². The van der Waals surface area contributed by atoms with Gasteiger partial charge in [-0.15, -0.1) is 0 Å². The third kappa shape index (κ3) is 5.38. The number of nitrogens with zero attached hydrogens (tertiary/aromatic N) is 3. The number of methoxy groups -OCH3 is 1. The van der Waals surface area contributed by atoms with E-state index in [4.69, 9.17) is 10.5 Å². The van der Waals surface area contributed by atoms with Gasteiger partial charge in [0.25, 0.3) is 0 Å². The molecule has 1 spiro atoms. The Hall–Kier alpha value is -4.93. The first kappa shape index (κ1) is 28.2. The molecule has 2 heterocycles. The molecule has 1 fully saturated rings. The number of rotatable bonds is 6. The molecule has 0 saturated heterocycles. The Morgan fingerprint density at radius 3 is 2.49 bits per heavy atom. The first-order chi connectivity index (χ1) is 20.5. The Morgan fingerprint density at radius 1 is 1.07 bits per heavy atom. The largest absolute Gasteiger partial charge is 0.497 e. The molecular weight excluding hydrogens is 559 g/mol. The lowest BCUT2D eigenvalue weighted by molar-refractivity contribution is -0.137. The summed E-state index contributed by atoms with van der Waals surface area (Å²) in [6.07, 6.45) is -1.90. The third-order valence-corrected chi connectivity index (χ3v) is 7.96. The van der Waals surface area contributed by atoms with Crippen molar-refractivity contribution >= 4 is 29.1 Å². The average Bonchev–Trinajstić information content (AvgIpc) is 3.78. The molecule has 1 aliphatic heterocycles. The number of aromatic nitrogens is 2. The zero-order valence-electron chi connectivity index (χ0n) is 23.5. The predicted octanol–water partition coefficient (Wildman–Crippen LogP) is 5.82. The summed E-state index contributed by atoms with van der Waals surface area (Å²) in [6, 6.07) is 15.5. The molecule has 3 N–H and O–H groups in total. The Balaban J connectivity index is 1.25. The number of halogens is 3. The Morgan fingerprint density at radius 2 is 1.81 bits per heavy atom. The minimum absolute atomic E-state index is 0.0836. The van der Waals surface area contributed by atoms with Gasteiger partial charge < -0.3 is 20.7 Å². The van der Waals surface area contributed by atoms with Crippen LogP contribution in [0.3, 0.4) is 0 Å². The predicted molar refractivity (Wildman–Crippen MR) is 155 cm³/mol. The normalized spacial score (nSPS) is 15.3. The van der Waals surface area contributed by atoms with Crippen LogP contribution in [0.4, 0.5) is 30.5 Å². The van der Waals surface area contributed by atoms with E-state index in [-0.39, 0.29) is 30.4 Å². The van der Waals surface area contributed by atoms with Crippen molar-refractivity contribution in [3.05, 3.63) is 94.8 Å². The van der Waals surface area contributed by atoms with E-state index < -0.39 is 23.1 Å². The van der Waals surface area contributed by atoms with Crippen molar-refractivity contribution in [3.8, 4) is 16.9 Å². The highest BCUT2D eigenvalue weighted by atomic mass is 19.4. The molecule has 3 aromatic carbocycles. The maximum atomic E-state index is 13.8. The maximum absolute atomic E-state index is 13.8. The molecule has 0 bridgehead atoms. The summed E-state index contributed by atoms with van der Waals surface area (Å²) >= 11 is 0. The fourth-order valence-corrected chi connectivity index (χ4v) is 5.60. The number of nitrogens with two attached hydrogens (primary N) is 1. The highest BCUT2D eigenvalue weighted by molar-refractivity contribution is 6.05. The number of nitrogen functional groups attached to an aromatic ring is 1. The molecule has 2 aliphatic rings. The van der Waals surface area contributed by atoms with Crippen molar-refractivity contribution in [3.63, 3.8) is 0 Å². The minimum Gasteiger partial charge on any atom is -0.497 e. The van der Waals surface area contributed by atoms with Crippen molar-refractivity contribution in [2.24, 2.45) is 0 Å². The van der Waals surface area contributed by atoms with E-state index in [0.29, 0.717) is 46.8 Å². The number of aryl methyl sites for hydroxylation is 1. The number of anilines is 3. The van der Waals surface area contributed by atoms with Gasteiger partial charge in [0.05, 0.1) is 36.7 Å². The Kier molecular flexibility index (Phi) is 6.83. The molecule has 0 atom stereocenters. The molecule has 1 aromatic heterocycles. The van der Waals surface area contributed by atoms with E-state index in [9.17, 15) is 22.8 Å². The summed E-state index contributed by atoms with van der Waals surface area (Å²) in [4.78, 5) is 36.9. The average molecular weight is 588 g/mol. The number of hydrogen-bond acceptors (Lipinski definition) is 6. The van der Waals surface area contributed by atoms with Crippen molar-refractivity contribution in [2.75, 3.05) is 23.1 Å². The number of carbonyl (C=O) groups excluding carboxylic acids is 2. The van der Waals surface area contributed by atoms with E-state index >= 15 is 0 Å². The van der Waals surface area contributed by atoms with Gasteiger partial charge >= 0.3 is 6.18 Å². The van der Waals surface area contributed by atoms with Crippen LogP contribution in [-0.2, 0) is 34.1 Å². The molecular formula is C32H28F3N5O3. The smallest absolute Gasteiger partial charge is 0.416 e. The molecule has 2 amide bonds. The van der Waals surface area contributed by atoms with Gasteiger partial charge in [-0.2, -0.15) is 13.2 Å². The fourth-order valence-electron chi connectivity index (χ4n) is 5.60. The van der Waals surface area contributed by atoms with Gasteiger partial charge in [0, 0.05) is 23.1 Å². The monoisotopic (exact) mass is 587 g/mol. The van der Waals surface area contributed by atoms with E-state index in [2.05, 4.69) is 15.3 Å². The van der Waals surface area contributed by atoms with Crippen LogP contribution in [0.2, 0.25) is 0 Å². The molecule has 0 radical (unpaired) electrons. The number of fused-ring (bicyclic) bond motifs is 2. The van der Waals surface area contributed by atoms with E-state index in [1.807, 2.05) is 6.92 Å². The lowest BCUT2D eigenvalue weighted by Crippen LogP contribution is -2.45. The van der Waals surface area contributed by atoms with Crippen LogP contribution in [0.5, 0.6) is 5.75 Å². The highest BCUT2D eigenvalue weighted by Crippen LogP contribution is 2.53. The van der Waals surface area contributed by atoms with Crippen LogP contribution >= 0.6 is 0 Å². The van der Waals surface area contributed by atoms with Crippen molar-refractivity contribution in [1.82, 2.24) is 9.97 Å². The van der Waals surface area contributed by atoms with Gasteiger partial charge in [0.2, 0.25) is 17.8 Å². The summed E-state index contributed by atoms with van der Waals surface area (Å²) in [5.74, 6) is 0.130. The highest BCUT2D eigenvalue weighted by Gasteiger charge is 2.58. The summed E-state index contributed by atoms with van der Waals surface area (Å²) in [5.41, 5.74) is 8.70. The SMILES string of the molecule is COc1ccc(-c2cc(CC(=O)Nc3ccc(C)c(N4Cc5cnc(N)nc5C5(CC5)C4=O)c3)cc(C(F)(F)F)c2)cc1. The molecule has 4 aromatic rings. The van der Waals surface area contributed by atoms with Gasteiger partial charge in [-0.05, 0) is 78.4 Å².